The first kappa shape index (κ1) is 20.4. The van der Waals surface area contributed by atoms with Crippen LogP contribution >= 0.6 is 0 Å². The Hall–Kier alpha value is -4.25. The zero-order chi connectivity index (χ0) is 23.2. The summed E-state index contributed by atoms with van der Waals surface area (Å²) in [5, 5.41) is 2.24. The first-order valence-corrected chi connectivity index (χ1v) is 11.4. The molecule has 3 heterocycles. The summed E-state index contributed by atoms with van der Waals surface area (Å²) in [5.74, 6) is -0.254. The Morgan fingerprint density at radius 2 is 1.65 bits per heavy atom. The molecule has 4 nitrogen and oxygen atoms in total. The van der Waals surface area contributed by atoms with E-state index in [1.54, 1.807) is 12.1 Å². The molecule has 34 heavy (non-hydrogen) atoms. The lowest BCUT2D eigenvalue weighted by molar-refractivity contribution is 0.605. The third-order valence-electron chi connectivity index (χ3n) is 6.33. The molecule has 3 aromatic carbocycles. The lowest BCUT2D eigenvalue weighted by Crippen LogP contribution is -2.01. The van der Waals surface area contributed by atoms with Gasteiger partial charge in [0, 0.05) is 51.4 Å². The Morgan fingerprint density at radius 3 is 2.47 bits per heavy atom. The van der Waals surface area contributed by atoms with Crippen molar-refractivity contribution >= 4 is 21.8 Å². The number of halogens is 1. The molecule has 6 aromatic rings. The lowest BCUT2D eigenvalue weighted by atomic mass is 9.99. The normalized spacial score (nSPS) is 11.6. The summed E-state index contributed by atoms with van der Waals surface area (Å²) in [6, 6.07) is 23.6. The van der Waals surface area contributed by atoms with Gasteiger partial charge in [-0.15, -0.1) is 0 Å². The fourth-order valence-corrected chi connectivity index (χ4v) is 4.62. The maximum atomic E-state index is 13.6. The van der Waals surface area contributed by atoms with Crippen LogP contribution < -0.4 is 0 Å². The smallest absolute Gasteiger partial charge is 0.123 e. The molecule has 0 amide bonds. The summed E-state index contributed by atoms with van der Waals surface area (Å²) in [6.07, 6.45) is 5.76. The molecule has 0 saturated heterocycles. The molecule has 5 heteroatoms. The summed E-state index contributed by atoms with van der Waals surface area (Å²) in [6.45, 7) is 4.27. The van der Waals surface area contributed by atoms with E-state index in [9.17, 15) is 4.39 Å². The third-order valence-corrected chi connectivity index (χ3v) is 6.33. The second kappa shape index (κ2) is 7.96. The number of fused-ring (bicyclic) bond motifs is 2. The molecule has 0 bridgehead atoms. The summed E-state index contributed by atoms with van der Waals surface area (Å²) in [7, 11) is 0. The van der Waals surface area contributed by atoms with Crippen molar-refractivity contribution in [3.8, 4) is 33.6 Å². The Kier molecular flexibility index (Phi) is 4.77. The number of hydrogen-bond acceptors (Lipinski definition) is 2. The van der Waals surface area contributed by atoms with Crippen molar-refractivity contribution in [2.75, 3.05) is 0 Å². The number of imidazole rings is 1. The summed E-state index contributed by atoms with van der Waals surface area (Å²) < 4.78 is 15.7. The Morgan fingerprint density at radius 1 is 0.853 bits per heavy atom. The molecule has 0 fully saturated rings. The Bertz CT molecular complexity index is 1640. The van der Waals surface area contributed by atoms with Crippen LogP contribution in [0.4, 0.5) is 4.39 Å². The van der Waals surface area contributed by atoms with Crippen LogP contribution in [0.3, 0.4) is 0 Å². The van der Waals surface area contributed by atoms with E-state index in [4.69, 9.17) is 9.97 Å². The van der Waals surface area contributed by atoms with E-state index in [0.29, 0.717) is 0 Å². The van der Waals surface area contributed by atoms with Crippen LogP contribution in [-0.2, 0) is 0 Å². The number of pyridine rings is 1. The van der Waals surface area contributed by atoms with Gasteiger partial charge in [0.2, 0.25) is 0 Å². The molecular weight excluding hydrogens is 423 g/mol. The first-order valence-electron chi connectivity index (χ1n) is 11.4. The number of nitrogens with zero attached hydrogens (tertiary/aromatic N) is 3. The highest BCUT2D eigenvalue weighted by molar-refractivity contribution is 5.97. The second-order valence-electron chi connectivity index (χ2n) is 8.83. The van der Waals surface area contributed by atoms with Crippen LogP contribution in [0.1, 0.15) is 19.9 Å². The van der Waals surface area contributed by atoms with E-state index >= 15 is 0 Å². The van der Waals surface area contributed by atoms with Gasteiger partial charge in [0.1, 0.15) is 5.82 Å². The minimum atomic E-state index is -0.254. The molecule has 3 aromatic heterocycles. The third kappa shape index (κ3) is 3.37. The van der Waals surface area contributed by atoms with Crippen molar-refractivity contribution in [1.29, 1.82) is 0 Å². The van der Waals surface area contributed by atoms with E-state index < -0.39 is 0 Å². The second-order valence-corrected chi connectivity index (χ2v) is 8.83. The van der Waals surface area contributed by atoms with Gasteiger partial charge in [-0.1, -0.05) is 18.2 Å². The van der Waals surface area contributed by atoms with Gasteiger partial charge in [-0.2, -0.15) is 0 Å². The minimum absolute atomic E-state index is 0.225. The number of aromatic amines is 1. The molecule has 166 valence electrons. The number of aromatic nitrogens is 4. The Balaban J connectivity index is 1.52. The van der Waals surface area contributed by atoms with E-state index in [-0.39, 0.29) is 11.9 Å². The maximum Gasteiger partial charge on any atom is 0.123 e. The topological polar surface area (TPSA) is 46.5 Å². The summed E-state index contributed by atoms with van der Waals surface area (Å²) in [4.78, 5) is 12.7. The van der Waals surface area contributed by atoms with Gasteiger partial charge >= 0.3 is 0 Å². The average molecular weight is 447 g/mol. The van der Waals surface area contributed by atoms with Crippen LogP contribution in [0.2, 0.25) is 0 Å². The van der Waals surface area contributed by atoms with E-state index in [1.165, 1.54) is 17.5 Å². The zero-order valence-electron chi connectivity index (χ0n) is 19.0. The molecule has 0 aliphatic carbocycles. The molecule has 0 radical (unpaired) electrons. The molecular formula is C29H23FN4. The fourth-order valence-electron chi connectivity index (χ4n) is 4.62. The van der Waals surface area contributed by atoms with Gasteiger partial charge in [-0.05, 0) is 74.0 Å². The van der Waals surface area contributed by atoms with Crippen LogP contribution in [-0.4, -0.2) is 19.5 Å². The molecule has 0 aliphatic heterocycles. The van der Waals surface area contributed by atoms with E-state index in [2.05, 4.69) is 71.9 Å². The summed E-state index contributed by atoms with van der Waals surface area (Å²) >= 11 is 0. The van der Waals surface area contributed by atoms with E-state index in [0.717, 1.165) is 50.1 Å². The predicted octanol–water partition coefficient (Wildman–Crippen LogP) is 7.63. The van der Waals surface area contributed by atoms with Crippen molar-refractivity contribution in [3.63, 3.8) is 0 Å². The lowest BCUT2D eigenvalue weighted by Gasteiger charge is -2.14. The molecule has 0 atom stereocenters. The van der Waals surface area contributed by atoms with E-state index in [1.807, 2.05) is 18.7 Å². The monoisotopic (exact) mass is 446 g/mol. The molecule has 0 aliphatic rings. The van der Waals surface area contributed by atoms with Crippen LogP contribution in [0.5, 0.6) is 0 Å². The number of hydrogen-bond donors (Lipinski definition) is 1. The van der Waals surface area contributed by atoms with Gasteiger partial charge in [0.15, 0.2) is 0 Å². The highest BCUT2D eigenvalue weighted by atomic mass is 19.1. The van der Waals surface area contributed by atoms with Crippen LogP contribution in [0.15, 0.2) is 91.5 Å². The molecule has 1 N–H and O–H groups in total. The standard InChI is InChI=1S/C29H23FN4/c1-18(2)34-17-33-28(19-6-9-23(30)10-7-19)29(34)20-8-11-26-21(14-20)15-22(16-32-26)24-4-3-5-27-25(24)12-13-31-27/h3-18,31H,1-2H3. The van der Waals surface area contributed by atoms with Gasteiger partial charge in [0.05, 0.1) is 23.2 Å². The number of nitrogens with one attached hydrogen (secondary N) is 1. The van der Waals surface area contributed by atoms with Crippen LogP contribution in [0, 0.1) is 5.82 Å². The van der Waals surface area contributed by atoms with Crippen molar-refractivity contribution in [2.24, 2.45) is 0 Å². The number of H-pyrrole nitrogens is 1. The maximum absolute atomic E-state index is 13.6. The fraction of sp³-hybridized carbons (Fsp3) is 0.103. The highest BCUT2D eigenvalue weighted by Gasteiger charge is 2.17. The average Bonchev–Trinajstić information content (AvgIpc) is 3.51. The molecule has 6 rings (SSSR count). The largest absolute Gasteiger partial charge is 0.361 e. The zero-order valence-corrected chi connectivity index (χ0v) is 19.0. The van der Waals surface area contributed by atoms with Crippen LogP contribution in [0.25, 0.3) is 55.4 Å². The quantitative estimate of drug-likeness (QED) is 0.302. The molecule has 0 saturated carbocycles. The minimum Gasteiger partial charge on any atom is -0.361 e. The van der Waals surface area contributed by atoms with Gasteiger partial charge in [-0.3, -0.25) is 4.98 Å². The van der Waals surface area contributed by atoms with Gasteiger partial charge in [-0.25, -0.2) is 9.37 Å². The predicted molar refractivity (Wildman–Crippen MR) is 136 cm³/mol. The Labute approximate surface area is 196 Å². The van der Waals surface area contributed by atoms with Crippen molar-refractivity contribution in [1.82, 2.24) is 19.5 Å². The summed E-state index contributed by atoms with van der Waals surface area (Å²) in [5.41, 5.74) is 8.07. The number of benzene rings is 3. The van der Waals surface area contributed by atoms with Crippen molar-refractivity contribution in [2.45, 2.75) is 19.9 Å². The molecule has 0 unspecified atom stereocenters. The first-order chi connectivity index (χ1) is 16.6. The van der Waals surface area contributed by atoms with Gasteiger partial charge < -0.3 is 9.55 Å². The van der Waals surface area contributed by atoms with Crippen molar-refractivity contribution < 1.29 is 4.39 Å². The van der Waals surface area contributed by atoms with Crippen molar-refractivity contribution in [3.05, 3.63) is 97.3 Å². The molecule has 0 spiro atoms. The highest BCUT2D eigenvalue weighted by Crippen LogP contribution is 2.36. The van der Waals surface area contributed by atoms with Gasteiger partial charge in [0.25, 0.3) is 0 Å². The number of rotatable bonds is 4. The SMILES string of the molecule is CC(C)n1cnc(-c2ccc(F)cc2)c1-c1ccc2ncc(-c3cccc4[nH]ccc34)cc2c1.